The van der Waals surface area contributed by atoms with Gasteiger partial charge in [-0.3, -0.25) is 4.79 Å². The zero-order chi connectivity index (χ0) is 17.5. The maximum absolute atomic E-state index is 14.7. The van der Waals surface area contributed by atoms with E-state index in [2.05, 4.69) is 4.98 Å². The summed E-state index contributed by atoms with van der Waals surface area (Å²) in [5, 5.41) is 8.94. The predicted molar refractivity (Wildman–Crippen MR) is 87.8 cm³/mol. The summed E-state index contributed by atoms with van der Waals surface area (Å²) in [7, 11) is 0. The molecule has 0 spiro atoms. The van der Waals surface area contributed by atoms with Gasteiger partial charge in [-0.25, -0.2) is 8.78 Å². The fourth-order valence-corrected chi connectivity index (χ4v) is 2.98. The van der Waals surface area contributed by atoms with Gasteiger partial charge < -0.3 is 4.98 Å². The summed E-state index contributed by atoms with van der Waals surface area (Å²) in [6.07, 6.45) is 1.23. The number of halogens is 2. The van der Waals surface area contributed by atoms with Gasteiger partial charge in [-0.1, -0.05) is 44.2 Å². The van der Waals surface area contributed by atoms with Gasteiger partial charge >= 0.3 is 0 Å². The average molecular weight is 324 g/mol. The molecule has 5 heteroatoms. The van der Waals surface area contributed by atoms with E-state index < -0.39 is 22.5 Å². The van der Waals surface area contributed by atoms with Crippen LogP contribution in [0.25, 0.3) is 10.9 Å². The number of pyridine rings is 1. The first-order chi connectivity index (χ1) is 11.4. The lowest BCUT2D eigenvalue weighted by Gasteiger charge is -2.28. The number of nitrogens with zero attached hydrogens (tertiary/aromatic N) is 1. The Bertz CT molecular complexity index is 1030. The standard InChI is InChI=1S/C19H14F2N2O/c1-19(2,12-6-4-3-5-7-12)15-16(21)14(20)8-13-17(15)23-10-11(9-22)18(13)24/h3-8,10H,1-2H3,(H,23,24). The van der Waals surface area contributed by atoms with Gasteiger partial charge in [0.1, 0.15) is 11.6 Å². The Hall–Kier alpha value is -3.00. The van der Waals surface area contributed by atoms with Gasteiger partial charge in [0.05, 0.1) is 10.9 Å². The molecule has 0 saturated heterocycles. The molecule has 2 aromatic carbocycles. The summed E-state index contributed by atoms with van der Waals surface area (Å²) >= 11 is 0. The summed E-state index contributed by atoms with van der Waals surface area (Å²) in [5.41, 5.74) is -0.603. The van der Waals surface area contributed by atoms with Gasteiger partial charge in [0, 0.05) is 17.2 Å². The normalized spacial score (nSPS) is 11.5. The second-order valence-corrected chi connectivity index (χ2v) is 6.10. The summed E-state index contributed by atoms with van der Waals surface area (Å²) in [6.45, 7) is 3.52. The van der Waals surface area contributed by atoms with E-state index in [1.807, 2.05) is 30.3 Å². The van der Waals surface area contributed by atoms with Crippen LogP contribution in [0.5, 0.6) is 0 Å². The summed E-state index contributed by atoms with van der Waals surface area (Å²) < 4.78 is 28.8. The molecular weight excluding hydrogens is 310 g/mol. The van der Waals surface area contributed by atoms with Crippen LogP contribution >= 0.6 is 0 Å². The molecule has 3 nitrogen and oxygen atoms in total. The van der Waals surface area contributed by atoms with Crippen LogP contribution in [-0.2, 0) is 5.41 Å². The van der Waals surface area contributed by atoms with Gasteiger partial charge in [-0.15, -0.1) is 0 Å². The molecule has 0 radical (unpaired) electrons. The maximum atomic E-state index is 14.7. The fraction of sp³-hybridized carbons (Fsp3) is 0.158. The van der Waals surface area contributed by atoms with E-state index >= 15 is 0 Å². The monoisotopic (exact) mass is 324 g/mol. The minimum absolute atomic E-state index is 0.0352. The third-order valence-electron chi connectivity index (χ3n) is 4.31. The van der Waals surface area contributed by atoms with E-state index in [-0.39, 0.29) is 22.0 Å². The average Bonchev–Trinajstić information content (AvgIpc) is 2.58. The number of H-pyrrole nitrogens is 1. The molecule has 0 aliphatic rings. The van der Waals surface area contributed by atoms with Crippen molar-refractivity contribution in [1.29, 1.82) is 5.26 Å². The summed E-state index contributed by atoms with van der Waals surface area (Å²) in [5.74, 6) is -2.11. The number of rotatable bonds is 2. The Kier molecular flexibility index (Phi) is 3.69. The predicted octanol–water partition coefficient (Wildman–Crippen LogP) is 4.00. The van der Waals surface area contributed by atoms with Crippen LogP contribution in [0, 0.1) is 23.0 Å². The molecule has 0 amide bonds. The number of hydrogen-bond acceptors (Lipinski definition) is 2. The van der Waals surface area contributed by atoms with E-state index in [1.165, 1.54) is 6.20 Å². The van der Waals surface area contributed by atoms with E-state index in [0.717, 1.165) is 11.6 Å². The van der Waals surface area contributed by atoms with Crippen LogP contribution in [0.1, 0.15) is 30.5 Å². The van der Waals surface area contributed by atoms with Crippen molar-refractivity contribution in [3.63, 3.8) is 0 Å². The molecule has 0 fully saturated rings. The third kappa shape index (κ3) is 2.28. The fourth-order valence-electron chi connectivity index (χ4n) is 2.98. The van der Waals surface area contributed by atoms with Crippen molar-refractivity contribution >= 4 is 10.9 Å². The second-order valence-electron chi connectivity index (χ2n) is 6.10. The van der Waals surface area contributed by atoms with Crippen LogP contribution in [-0.4, -0.2) is 4.98 Å². The van der Waals surface area contributed by atoms with Gasteiger partial charge in [-0.2, -0.15) is 5.26 Å². The Morgan fingerprint density at radius 1 is 1.17 bits per heavy atom. The molecule has 0 unspecified atom stereocenters. The quantitative estimate of drug-likeness (QED) is 0.774. The van der Waals surface area contributed by atoms with Crippen molar-refractivity contribution in [3.05, 3.63) is 81.1 Å². The number of nitriles is 1. The third-order valence-corrected chi connectivity index (χ3v) is 4.31. The van der Waals surface area contributed by atoms with Gasteiger partial charge in [-0.05, 0) is 11.6 Å². The molecule has 0 atom stereocenters. The SMILES string of the molecule is CC(C)(c1ccccc1)c1c(F)c(F)cc2c(=O)c(C#N)c[nH]c12. The van der Waals surface area contributed by atoms with Crippen molar-refractivity contribution in [1.82, 2.24) is 4.98 Å². The molecule has 1 aromatic heterocycles. The molecule has 120 valence electrons. The molecule has 0 bridgehead atoms. The molecule has 3 rings (SSSR count). The minimum atomic E-state index is -1.11. The van der Waals surface area contributed by atoms with Gasteiger partial charge in [0.25, 0.3) is 0 Å². The largest absolute Gasteiger partial charge is 0.359 e. The summed E-state index contributed by atoms with van der Waals surface area (Å²) in [4.78, 5) is 15.1. The van der Waals surface area contributed by atoms with Crippen molar-refractivity contribution in [2.45, 2.75) is 19.3 Å². The van der Waals surface area contributed by atoms with Crippen LogP contribution in [0.3, 0.4) is 0 Å². The van der Waals surface area contributed by atoms with Crippen LogP contribution in [0.15, 0.2) is 47.4 Å². The smallest absolute Gasteiger partial charge is 0.207 e. The Morgan fingerprint density at radius 3 is 2.46 bits per heavy atom. The van der Waals surface area contributed by atoms with Crippen molar-refractivity contribution < 1.29 is 8.78 Å². The number of hydrogen-bond donors (Lipinski definition) is 1. The van der Waals surface area contributed by atoms with Crippen molar-refractivity contribution in [3.8, 4) is 6.07 Å². The topological polar surface area (TPSA) is 56.6 Å². The van der Waals surface area contributed by atoms with Gasteiger partial charge in [0.2, 0.25) is 5.43 Å². The Labute approximate surface area is 137 Å². The highest BCUT2D eigenvalue weighted by molar-refractivity contribution is 5.84. The van der Waals surface area contributed by atoms with Crippen molar-refractivity contribution in [2.24, 2.45) is 0 Å². The highest BCUT2D eigenvalue weighted by atomic mass is 19.2. The van der Waals surface area contributed by atoms with Gasteiger partial charge in [0.15, 0.2) is 11.6 Å². The number of aromatic amines is 1. The Morgan fingerprint density at radius 2 is 1.83 bits per heavy atom. The van der Waals surface area contributed by atoms with Crippen LogP contribution in [0.2, 0.25) is 0 Å². The lowest BCUT2D eigenvalue weighted by Crippen LogP contribution is -2.23. The number of fused-ring (bicyclic) bond motifs is 1. The molecule has 0 aliphatic carbocycles. The molecule has 1 heterocycles. The lowest BCUT2D eigenvalue weighted by molar-refractivity contribution is 0.479. The van der Waals surface area contributed by atoms with Crippen molar-refractivity contribution in [2.75, 3.05) is 0 Å². The van der Waals surface area contributed by atoms with Crippen LogP contribution in [0.4, 0.5) is 8.78 Å². The lowest BCUT2D eigenvalue weighted by atomic mass is 9.76. The van der Waals surface area contributed by atoms with E-state index in [9.17, 15) is 13.6 Å². The molecule has 3 aromatic rings. The number of aromatic nitrogens is 1. The van der Waals surface area contributed by atoms with E-state index in [1.54, 1.807) is 19.9 Å². The molecule has 0 aliphatic heterocycles. The van der Waals surface area contributed by atoms with E-state index in [4.69, 9.17) is 5.26 Å². The number of benzene rings is 2. The van der Waals surface area contributed by atoms with E-state index in [0.29, 0.717) is 0 Å². The first-order valence-electron chi connectivity index (χ1n) is 7.37. The molecule has 0 saturated carbocycles. The number of nitrogens with one attached hydrogen (secondary N) is 1. The zero-order valence-electron chi connectivity index (χ0n) is 13.2. The first-order valence-corrected chi connectivity index (χ1v) is 7.37. The minimum Gasteiger partial charge on any atom is -0.359 e. The second kappa shape index (κ2) is 5.57. The molecule has 24 heavy (non-hydrogen) atoms. The van der Waals surface area contributed by atoms with Crippen LogP contribution < -0.4 is 5.43 Å². The molecule has 1 N–H and O–H groups in total. The molecular formula is C19H14F2N2O. The Balaban J connectivity index is 2.44. The summed E-state index contributed by atoms with van der Waals surface area (Å²) in [6, 6.07) is 11.7. The first kappa shape index (κ1) is 15.9. The highest BCUT2D eigenvalue weighted by Gasteiger charge is 2.31. The maximum Gasteiger partial charge on any atom is 0.207 e. The zero-order valence-corrected chi connectivity index (χ0v) is 13.2. The highest BCUT2D eigenvalue weighted by Crippen LogP contribution is 2.37.